The molecule has 2 aromatic rings. The standard InChI is InChI=1S/C19H18BrF2N3O3S/c1-28-17-6-5-14(20)9-18(17)29(26,27)25(15-7-8-24(11-15)12-23)10-13-3-2-4-16(21)19(13)22/h2-6,9,15H,7-8,10-11H2,1H3. The Morgan fingerprint density at radius 1 is 1.34 bits per heavy atom. The van der Waals surface area contributed by atoms with E-state index in [1.165, 1.54) is 36.3 Å². The lowest BCUT2D eigenvalue weighted by molar-refractivity contribution is 0.306. The molecule has 2 aromatic carbocycles. The zero-order chi connectivity index (χ0) is 21.2. The topological polar surface area (TPSA) is 73.6 Å². The minimum absolute atomic E-state index is 0.0852. The van der Waals surface area contributed by atoms with Gasteiger partial charge in [0.05, 0.1) is 7.11 Å². The van der Waals surface area contributed by atoms with Gasteiger partial charge >= 0.3 is 0 Å². The van der Waals surface area contributed by atoms with Crippen LogP contribution in [0.1, 0.15) is 12.0 Å². The number of nitrogens with zero attached hydrogens (tertiary/aromatic N) is 3. The first-order valence-electron chi connectivity index (χ1n) is 8.71. The number of hydrogen-bond donors (Lipinski definition) is 0. The monoisotopic (exact) mass is 485 g/mol. The number of benzene rings is 2. The highest BCUT2D eigenvalue weighted by Gasteiger charge is 2.38. The van der Waals surface area contributed by atoms with Crippen molar-refractivity contribution in [1.82, 2.24) is 9.21 Å². The smallest absolute Gasteiger partial charge is 0.247 e. The molecule has 0 aliphatic carbocycles. The molecule has 1 fully saturated rings. The van der Waals surface area contributed by atoms with Crippen LogP contribution in [0.25, 0.3) is 0 Å². The Hall–Kier alpha value is -2.22. The third-order valence-corrected chi connectivity index (χ3v) is 7.19. The van der Waals surface area contributed by atoms with Crippen molar-refractivity contribution >= 4 is 26.0 Å². The Morgan fingerprint density at radius 2 is 2.10 bits per heavy atom. The fourth-order valence-electron chi connectivity index (χ4n) is 3.29. The number of sulfonamides is 1. The normalized spacial score (nSPS) is 16.8. The van der Waals surface area contributed by atoms with Crippen LogP contribution in [0.15, 0.2) is 45.8 Å². The number of hydrogen-bond acceptors (Lipinski definition) is 5. The van der Waals surface area contributed by atoms with E-state index in [4.69, 9.17) is 10.00 Å². The maximum Gasteiger partial charge on any atom is 0.247 e. The summed E-state index contributed by atoms with van der Waals surface area (Å²) in [6, 6.07) is 7.62. The molecule has 1 heterocycles. The molecule has 1 aliphatic rings. The maximum atomic E-state index is 14.3. The van der Waals surface area contributed by atoms with E-state index in [0.29, 0.717) is 17.4 Å². The molecule has 0 amide bonds. The number of rotatable bonds is 6. The Morgan fingerprint density at radius 3 is 2.76 bits per heavy atom. The first-order chi connectivity index (χ1) is 13.8. The summed E-state index contributed by atoms with van der Waals surface area (Å²) in [5, 5.41) is 9.15. The summed E-state index contributed by atoms with van der Waals surface area (Å²) < 4.78 is 62.0. The molecule has 6 nitrogen and oxygen atoms in total. The highest BCUT2D eigenvalue weighted by Crippen LogP contribution is 2.33. The summed E-state index contributed by atoms with van der Waals surface area (Å²) >= 11 is 3.26. The molecule has 154 valence electrons. The molecular weight excluding hydrogens is 468 g/mol. The lowest BCUT2D eigenvalue weighted by atomic mass is 10.2. The fraction of sp³-hybridized carbons (Fsp3) is 0.316. The van der Waals surface area contributed by atoms with Crippen molar-refractivity contribution in [3.63, 3.8) is 0 Å². The zero-order valence-electron chi connectivity index (χ0n) is 15.5. The molecule has 0 spiro atoms. The van der Waals surface area contributed by atoms with Gasteiger partial charge in [-0.1, -0.05) is 28.1 Å². The van der Waals surface area contributed by atoms with Crippen molar-refractivity contribution in [1.29, 1.82) is 5.26 Å². The Kier molecular flexibility index (Phi) is 6.41. The van der Waals surface area contributed by atoms with Gasteiger partial charge in [0.2, 0.25) is 10.0 Å². The molecule has 0 aromatic heterocycles. The summed E-state index contributed by atoms with van der Waals surface area (Å²) in [7, 11) is -2.80. The fourth-order valence-corrected chi connectivity index (χ4v) is 5.62. The third-order valence-electron chi connectivity index (χ3n) is 4.78. The van der Waals surface area contributed by atoms with E-state index in [-0.39, 0.29) is 29.3 Å². The van der Waals surface area contributed by atoms with Gasteiger partial charge in [0, 0.05) is 35.7 Å². The molecule has 1 atom stereocenters. The van der Waals surface area contributed by atoms with Crippen LogP contribution in [0.5, 0.6) is 5.75 Å². The number of likely N-dealkylation sites (tertiary alicyclic amines) is 1. The van der Waals surface area contributed by atoms with E-state index < -0.39 is 27.7 Å². The molecular formula is C19H18BrF2N3O3S. The second-order valence-corrected chi connectivity index (χ2v) is 9.32. The van der Waals surface area contributed by atoms with Gasteiger partial charge in [-0.15, -0.1) is 0 Å². The summed E-state index contributed by atoms with van der Waals surface area (Å²) in [5.74, 6) is -2.01. The van der Waals surface area contributed by atoms with Crippen LogP contribution in [0.4, 0.5) is 8.78 Å². The van der Waals surface area contributed by atoms with E-state index >= 15 is 0 Å². The summed E-state index contributed by atoms with van der Waals surface area (Å²) in [4.78, 5) is 1.34. The Balaban J connectivity index is 2.09. The SMILES string of the molecule is COc1ccc(Br)cc1S(=O)(=O)N(Cc1cccc(F)c1F)C1CCN(C#N)C1. The lowest BCUT2D eigenvalue weighted by Gasteiger charge is -2.28. The van der Waals surface area contributed by atoms with E-state index in [2.05, 4.69) is 15.9 Å². The molecule has 29 heavy (non-hydrogen) atoms. The average Bonchev–Trinajstić information content (AvgIpc) is 3.17. The molecule has 1 aliphatic heterocycles. The van der Waals surface area contributed by atoms with Crippen LogP contribution in [-0.2, 0) is 16.6 Å². The molecule has 0 radical (unpaired) electrons. The summed E-state index contributed by atoms with van der Waals surface area (Å²) in [6.45, 7) is 0.183. The number of ether oxygens (including phenoxy) is 1. The molecule has 3 rings (SSSR count). The highest BCUT2D eigenvalue weighted by atomic mass is 79.9. The van der Waals surface area contributed by atoms with Gasteiger partial charge in [-0.2, -0.15) is 9.57 Å². The van der Waals surface area contributed by atoms with Crippen molar-refractivity contribution in [3.05, 3.63) is 58.1 Å². The predicted octanol–water partition coefficient (Wildman–Crippen LogP) is 3.48. The summed E-state index contributed by atoms with van der Waals surface area (Å²) in [6.07, 6.45) is 2.39. The zero-order valence-corrected chi connectivity index (χ0v) is 17.9. The van der Waals surface area contributed by atoms with Crippen LogP contribution in [0.3, 0.4) is 0 Å². The van der Waals surface area contributed by atoms with Crippen molar-refractivity contribution < 1.29 is 21.9 Å². The van der Waals surface area contributed by atoms with E-state index in [0.717, 1.165) is 10.4 Å². The van der Waals surface area contributed by atoms with Crippen molar-refractivity contribution in [2.45, 2.75) is 23.9 Å². The number of halogens is 3. The van der Waals surface area contributed by atoms with E-state index in [1.807, 2.05) is 6.19 Å². The van der Waals surface area contributed by atoms with Gasteiger partial charge < -0.3 is 9.64 Å². The quantitative estimate of drug-likeness (QED) is 0.585. The first kappa shape index (κ1) is 21.5. The Bertz CT molecular complexity index is 1060. The van der Waals surface area contributed by atoms with Crippen LogP contribution in [-0.4, -0.2) is 43.9 Å². The van der Waals surface area contributed by atoms with Crippen LogP contribution >= 0.6 is 15.9 Å². The highest BCUT2D eigenvalue weighted by molar-refractivity contribution is 9.10. The second-order valence-electron chi connectivity index (χ2n) is 6.55. The third kappa shape index (κ3) is 4.37. The summed E-state index contributed by atoms with van der Waals surface area (Å²) in [5.41, 5.74) is -0.0852. The van der Waals surface area contributed by atoms with Gasteiger partial charge in [-0.3, -0.25) is 0 Å². The van der Waals surface area contributed by atoms with E-state index in [9.17, 15) is 17.2 Å². The second kappa shape index (κ2) is 8.65. The van der Waals surface area contributed by atoms with Crippen LogP contribution in [0.2, 0.25) is 0 Å². The van der Waals surface area contributed by atoms with Crippen LogP contribution in [0, 0.1) is 23.1 Å². The van der Waals surface area contributed by atoms with Gasteiger partial charge in [0.1, 0.15) is 10.6 Å². The van der Waals surface area contributed by atoms with Gasteiger partial charge in [0.15, 0.2) is 17.8 Å². The minimum Gasteiger partial charge on any atom is -0.495 e. The molecule has 10 heteroatoms. The van der Waals surface area contributed by atoms with Crippen LogP contribution < -0.4 is 4.74 Å². The molecule has 1 saturated heterocycles. The van der Waals surface area contributed by atoms with Gasteiger partial charge in [-0.05, 0) is 30.7 Å². The van der Waals surface area contributed by atoms with Crippen molar-refractivity contribution in [2.75, 3.05) is 20.2 Å². The first-order valence-corrected chi connectivity index (χ1v) is 10.9. The molecule has 1 unspecified atom stereocenters. The molecule has 0 N–H and O–H groups in total. The van der Waals surface area contributed by atoms with E-state index in [1.54, 1.807) is 6.07 Å². The molecule has 0 saturated carbocycles. The molecule has 0 bridgehead atoms. The average molecular weight is 486 g/mol. The van der Waals surface area contributed by atoms with Gasteiger partial charge in [0.25, 0.3) is 0 Å². The van der Waals surface area contributed by atoms with Gasteiger partial charge in [-0.25, -0.2) is 17.2 Å². The minimum atomic E-state index is -4.16. The largest absolute Gasteiger partial charge is 0.495 e. The Labute approximate surface area is 176 Å². The number of methoxy groups -OCH3 is 1. The lowest BCUT2D eigenvalue weighted by Crippen LogP contribution is -2.41. The maximum absolute atomic E-state index is 14.3. The van der Waals surface area contributed by atoms with Crippen molar-refractivity contribution in [3.8, 4) is 11.9 Å². The predicted molar refractivity (Wildman–Crippen MR) is 105 cm³/mol. The van der Waals surface area contributed by atoms with Crippen molar-refractivity contribution in [2.24, 2.45) is 0 Å². The number of nitriles is 1.